The number of Topliss-reactive ketones (excluding diaryl/α,β-unsaturated/α-hetero) is 1. The van der Waals surface area contributed by atoms with E-state index < -0.39 is 17.7 Å². The summed E-state index contributed by atoms with van der Waals surface area (Å²) in [6, 6.07) is 24.3. The predicted molar refractivity (Wildman–Crippen MR) is 140 cm³/mol. The summed E-state index contributed by atoms with van der Waals surface area (Å²) in [7, 11) is 0. The van der Waals surface area contributed by atoms with Crippen molar-refractivity contribution in [3.63, 3.8) is 0 Å². The maximum absolute atomic E-state index is 13.2. The van der Waals surface area contributed by atoms with Crippen LogP contribution < -0.4 is 4.74 Å². The summed E-state index contributed by atoms with van der Waals surface area (Å²) >= 11 is 6.23. The SMILES string of the molecule is Cc1cccc(COc2ccc(/C(O)=C3/C(=O)C(=O)N(Cc4ccco4)C3c3cccc(Cl)c3)cc2)c1. The average Bonchev–Trinajstić information content (AvgIpc) is 3.50. The Bertz CT molecular complexity index is 1470. The van der Waals surface area contributed by atoms with Gasteiger partial charge in [-0.1, -0.05) is 53.6 Å². The number of ketones is 1. The summed E-state index contributed by atoms with van der Waals surface area (Å²) < 4.78 is 11.3. The van der Waals surface area contributed by atoms with Crippen LogP contribution in [0.25, 0.3) is 5.76 Å². The van der Waals surface area contributed by atoms with E-state index in [0.717, 1.165) is 11.1 Å². The molecule has 7 heteroatoms. The summed E-state index contributed by atoms with van der Waals surface area (Å²) in [6.07, 6.45) is 1.50. The van der Waals surface area contributed by atoms with Crippen molar-refractivity contribution in [3.8, 4) is 5.75 Å². The molecule has 1 saturated heterocycles. The first-order valence-corrected chi connectivity index (χ1v) is 12.1. The van der Waals surface area contributed by atoms with Gasteiger partial charge < -0.3 is 19.2 Å². The molecule has 0 bridgehead atoms. The zero-order chi connectivity index (χ0) is 25.9. The van der Waals surface area contributed by atoms with E-state index in [9.17, 15) is 14.7 Å². The van der Waals surface area contributed by atoms with Gasteiger partial charge in [-0.25, -0.2) is 0 Å². The molecule has 1 aliphatic heterocycles. The molecule has 2 heterocycles. The van der Waals surface area contributed by atoms with Crippen molar-refractivity contribution < 1.29 is 23.8 Å². The van der Waals surface area contributed by atoms with Gasteiger partial charge in [0.2, 0.25) is 0 Å². The summed E-state index contributed by atoms with van der Waals surface area (Å²) in [6.45, 7) is 2.49. The zero-order valence-corrected chi connectivity index (χ0v) is 20.8. The molecular formula is C30H24ClNO5. The predicted octanol–water partition coefficient (Wildman–Crippen LogP) is 6.44. The van der Waals surface area contributed by atoms with Crippen LogP contribution in [0.4, 0.5) is 0 Å². The van der Waals surface area contributed by atoms with Crippen LogP contribution in [0.1, 0.15) is 34.1 Å². The summed E-state index contributed by atoms with van der Waals surface area (Å²) in [5.74, 6) is -0.628. The highest BCUT2D eigenvalue weighted by Crippen LogP contribution is 2.41. The lowest BCUT2D eigenvalue weighted by Gasteiger charge is -2.24. The fourth-order valence-electron chi connectivity index (χ4n) is 4.47. The molecule has 1 atom stereocenters. The van der Waals surface area contributed by atoms with E-state index in [1.54, 1.807) is 60.7 Å². The van der Waals surface area contributed by atoms with Crippen molar-refractivity contribution in [3.05, 3.63) is 130 Å². The first-order valence-electron chi connectivity index (χ1n) is 11.8. The molecule has 1 fully saturated rings. The zero-order valence-electron chi connectivity index (χ0n) is 20.1. The molecule has 6 nitrogen and oxygen atoms in total. The van der Waals surface area contributed by atoms with Crippen molar-refractivity contribution in [2.24, 2.45) is 0 Å². The third kappa shape index (κ3) is 5.15. The third-order valence-corrected chi connectivity index (χ3v) is 6.46. The number of halogens is 1. The number of aliphatic hydroxyl groups is 1. The number of ether oxygens (including phenoxy) is 1. The monoisotopic (exact) mass is 513 g/mol. The Kier molecular flexibility index (Phi) is 6.84. The van der Waals surface area contributed by atoms with Gasteiger partial charge in [-0.2, -0.15) is 0 Å². The summed E-state index contributed by atoms with van der Waals surface area (Å²) in [4.78, 5) is 27.7. The molecule has 37 heavy (non-hydrogen) atoms. The van der Waals surface area contributed by atoms with Crippen LogP contribution in [0, 0.1) is 6.92 Å². The number of nitrogens with zero attached hydrogens (tertiary/aromatic N) is 1. The second kappa shape index (κ2) is 10.4. The maximum Gasteiger partial charge on any atom is 0.296 e. The molecular weight excluding hydrogens is 490 g/mol. The summed E-state index contributed by atoms with van der Waals surface area (Å²) in [5.41, 5.74) is 3.19. The van der Waals surface area contributed by atoms with Gasteiger partial charge in [0.05, 0.1) is 24.4 Å². The van der Waals surface area contributed by atoms with E-state index in [1.807, 2.05) is 25.1 Å². The van der Waals surface area contributed by atoms with Crippen LogP contribution in [0.15, 0.2) is 101 Å². The number of rotatable bonds is 7. The van der Waals surface area contributed by atoms with Gasteiger partial charge in [0, 0.05) is 10.6 Å². The smallest absolute Gasteiger partial charge is 0.296 e. The molecule has 1 unspecified atom stereocenters. The van der Waals surface area contributed by atoms with Gasteiger partial charge >= 0.3 is 0 Å². The molecule has 1 aliphatic rings. The first kappa shape index (κ1) is 24.4. The minimum Gasteiger partial charge on any atom is -0.507 e. The van der Waals surface area contributed by atoms with E-state index in [0.29, 0.717) is 34.3 Å². The van der Waals surface area contributed by atoms with Crippen molar-refractivity contribution in [1.82, 2.24) is 4.90 Å². The quantitative estimate of drug-likeness (QED) is 0.175. The highest BCUT2D eigenvalue weighted by Gasteiger charge is 2.46. The number of furan rings is 1. The number of carbonyl (C=O) groups is 2. The number of hydrogen-bond donors (Lipinski definition) is 1. The van der Waals surface area contributed by atoms with Crippen molar-refractivity contribution in [2.45, 2.75) is 26.1 Å². The molecule has 0 radical (unpaired) electrons. The number of carbonyl (C=O) groups excluding carboxylic acids is 2. The number of aliphatic hydroxyl groups excluding tert-OH is 1. The topological polar surface area (TPSA) is 80.0 Å². The molecule has 0 saturated carbocycles. The number of likely N-dealkylation sites (tertiary alicyclic amines) is 1. The molecule has 1 N–H and O–H groups in total. The standard InChI is InChI=1S/C30H24ClNO5/c1-19-5-2-6-20(15-19)18-37-24-12-10-21(11-13-24)28(33)26-27(22-7-3-8-23(31)16-22)32(30(35)29(26)34)17-25-9-4-14-36-25/h2-16,27,33H,17-18H2,1H3/b28-26-. The highest BCUT2D eigenvalue weighted by molar-refractivity contribution is 6.46. The Labute approximate surface area is 219 Å². The Morgan fingerprint density at radius 1 is 1.00 bits per heavy atom. The second-order valence-corrected chi connectivity index (χ2v) is 9.30. The number of hydrogen-bond acceptors (Lipinski definition) is 5. The van der Waals surface area contributed by atoms with Crippen LogP contribution in [-0.2, 0) is 22.7 Å². The normalized spacial score (nSPS) is 16.8. The van der Waals surface area contributed by atoms with Gasteiger partial charge in [0.25, 0.3) is 11.7 Å². The average molecular weight is 514 g/mol. The highest BCUT2D eigenvalue weighted by atomic mass is 35.5. The van der Waals surface area contributed by atoms with Gasteiger partial charge in [0.15, 0.2) is 0 Å². The molecule has 0 aliphatic carbocycles. The largest absolute Gasteiger partial charge is 0.507 e. The molecule has 1 aromatic heterocycles. The van der Waals surface area contributed by atoms with Crippen LogP contribution >= 0.6 is 11.6 Å². The van der Waals surface area contributed by atoms with Crippen LogP contribution in [-0.4, -0.2) is 21.7 Å². The number of aryl methyl sites for hydroxylation is 1. The van der Waals surface area contributed by atoms with Gasteiger partial charge in [-0.05, 0) is 66.6 Å². The molecule has 186 valence electrons. The Morgan fingerprint density at radius 3 is 2.49 bits per heavy atom. The number of amides is 1. The fraction of sp³-hybridized carbons (Fsp3) is 0.133. The van der Waals surface area contributed by atoms with Crippen LogP contribution in [0.3, 0.4) is 0 Å². The maximum atomic E-state index is 13.2. The second-order valence-electron chi connectivity index (χ2n) is 8.86. The van der Waals surface area contributed by atoms with Gasteiger partial charge in [0.1, 0.15) is 23.9 Å². The lowest BCUT2D eigenvalue weighted by Crippen LogP contribution is -2.29. The van der Waals surface area contributed by atoms with Crippen molar-refractivity contribution in [1.29, 1.82) is 0 Å². The third-order valence-electron chi connectivity index (χ3n) is 6.23. The van der Waals surface area contributed by atoms with E-state index in [2.05, 4.69) is 6.07 Å². The molecule has 1 amide bonds. The van der Waals surface area contributed by atoms with Crippen molar-refractivity contribution >= 4 is 29.1 Å². The Balaban J connectivity index is 1.47. The Hall–Kier alpha value is -4.29. The van der Waals surface area contributed by atoms with E-state index in [4.69, 9.17) is 20.8 Å². The Morgan fingerprint density at radius 2 is 1.78 bits per heavy atom. The van der Waals surface area contributed by atoms with E-state index in [-0.39, 0.29) is 17.9 Å². The molecule has 5 rings (SSSR count). The van der Waals surface area contributed by atoms with E-state index in [1.165, 1.54) is 11.2 Å². The summed E-state index contributed by atoms with van der Waals surface area (Å²) in [5, 5.41) is 11.7. The van der Waals surface area contributed by atoms with Crippen LogP contribution in [0.5, 0.6) is 5.75 Å². The van der Waals surface area contributed by atoms with Gasteiger partial charge in [-0.15, -0.1) is 0 Å². The lowest BCUT2D eigenvalue weighted by atomic mass is 9.95. The fourth-order valence-corrected chi connectivity index (χ4v) is 4.67. The van der Waals surface area contributed by atoms with Crippen LogP contribution in [0.2, 0.25) is 5.02 Å². The first-order chi connectivity index (χ1) is 17.9. The number of benzene rings is 3. The minimum atomic E-state index is -0.832. The molecule has 3 aromatic carbocycles. The van der Waals surface area contributed by atoms with E-state index >= 15 is 0 Å². The minimum absolute atomic E-state index is 0.00717. The van der Waals surface area contributed by atoms with Crippen molar-refractivity contribution in [2.75, 3.05) is 0 Å². The molecule has 4 aromatic rings. The van der Waals surface area contributed by atoms with Gasteiger partial charge in [-0.3, -0.25) is 9.59 Å². The lowest BCUT2D eigenvalue weighted by molar-refractivity contribution is -0.140. The molecule has 0 spiro atoms.